The van der Waals surface area contributed by atoms with Gasteiger partial charge in [-0.05, 0) is 19.1 Å². The zero-order valence-corrected chi connectivity index (χ0v) is 12.5. The average Bonchev–Trinajstić information content (AvgIpc) is 2.40. The maximum atomic E-state index is 11.8. The lowest BCUT2D eigenvalue weighted by Crippen LogP contribution is -2.25. The molecule has 0 aliphatic carbocycles. The van der Waals surface area contributed by atoms with Crippen molar-refractivity contribution < 1.29 is 14.3 Å². The Bertz CT molecular complexity index is 653. The minimum Gasteiger partial charge on any atom is -0.454 e. The molecule has 0 radical (unpaired) electrons. The number of esters is 1. The van der Waals surface area contributed by atoms with E-state index in [0.717, 1.165) is 0 Å². The number of nitriles is 1. The quantitative estimate of drug-likeness (QED) is 0.489. The first kappa shape index (κ1) is 17.0. The van der Waals surface area contributed by atoms with Crippen molar-refractivity contribution in [2.75, 3.05) is 12.3 Å². The molecule has 0 fully saturated rings. The van der Waals surface area contributed by atoms with E-state index in [4.69, 9.17) is 44.3 Å². The van der Waals surface area contributed by atoms with Crippen LogP contribution < -0.4 is 5.73 Å². The molecule has 0 heterocycles. The minimum atomic E-state index is -1.24. The number of nitrogens with two attached hydrogens (primary N) is 1. The van der Waals surface area contributed by atoms with Gasteiger partial charge in [-0.25, -0.2) is 4.79 Å². The fourth-order valence-corrected chi connectivity index (χ4v) is 1.96. The van der Waals surface area contributed by atoms with Gasteiger partial charge in [-0.3, -0.25) is 4.79 Å². The van der Waals surface area contributed by atoms with Crippen LogP contribution in [0.1, 0.15) is 17.3 Å². The summed E-state index contributed by atoms with van der Waals surface area (Å²) in [4.78, 5) is 23.5. The molecule has 1 unspecified atom stereocenters. The Kier molecular flexibility index (Phi) is 5.70. The number of rotatable bonds is 5. The highest BCUT2D eigenvalue weighted by molar-refractivity contribution is 6.37. The first-order valence-electron chi connectivity index (χ1n) is 5.67. The number of ether oxygens (including phenoxy) is 1. The largest absolute Gasteiger partial charge is 0.454 e. The molecule has 6 nitrogen and oxygen atoms in total. The topological polar surface area (TPSA) is 117 Å². The van der Waals surface area contributed by atoms with Gasteiger partial charge < -0.3 is 15.9 Å². The zero-order valence-electron chi connectivity index (χ0n) is 10.9. The van der Waals surface area contributed by atoms with Gasteiger partial charge in [0.1, 0.15) is 5.92 Å². The van der Waals surface area contributed by atoms with Crippen LogP contribution >= 0.6 is 23.2 Å². The van der Waals surface area contributed by atoms with E-state index in [9.17, 15) is 9.59 Å². The highest BCUT2D eigenvalue weighted by Crippen LogP contribution is 2.28. The number of benzene rings is 1. The summed E-state index contributed by atoms with van der Waals surface area (Å²) in [6.45, 7) is 0.680. The number of nitrogens with zero attached hydrogens (tertiary/aromatic N) is 1. The number of anilines is 1. The van der Waals surface area contributed by atoms with Crippen molar-refractivity contribution in [2.45, 2.75) is 6.92 Å². The van der Waals surface area contributed by atoms with Gasteiger partial charge in [-0.15, -0.1) is 0 Å². The highest BCUT2D eigenvalue weighted by Gasteiger charge is 2.23. The first-order valence-corrected chi connectivity index (χ1v) is 6.42. The molecule has 0 amide bonds. The van der Waals surface area contributed by atoms with Crippen LogP contribution in [0, 0.1) is 22.7 Å². The number of hydrogen-bond acceptors (Lipinski definition) is 6. The van der Waals surface area contributed by atoms with Crippen molar-refractivity contribution in [3.63, 3.8) is 0 Å². The summed E-state index contributed by atoms with van der Waals surface area (Å²) in [5, 5.41) is 16.3. The molecule has 1 rings (SSSR count). The third kappa shape index (κ3) is 4.18. The molecule has 21 heavy (non-hydrogen) atoms. The number of nitrogens with one attached hydrogen (secondary N) is 1. The summed E-state index contributed by atoms with van der Waals surface area (Å²) in [7, 11) is 0. The van der Waals surface area contributed by atoms with Crippen molar-refractivity contribution in [1.29, 1.82) is 10.7 Å². The molecule has 1 aromatic rings. The second-order valence-corrected chi connectivity index (χ2v) is 4.98. The summed E-state index contributed by atoms with van der Waals surface area (Å²) >= 11 is 11.5. The van der Waals surface area contributed by atoms with Gasteiger partial charge in [0.2, 0.25) is 0 Å². The lowest BCUT2D eigenvalue weighted by atomic mass is 10.0. The van der Waals surface area contributed by atoms with Gasteiger partial charge >= 0.3 is 5.97 Å². The second kappa shape index (κ2) is 7.07. The molecule has 0 saturated heterocycles. The van der Waals surface area contributed by atoms with Crippen molar-refractivity contribution in [1.82, 2.24) is 0 Å². The maximum Gasteiger partial charge on any atom is 0.340 e. The van der Waals surface area contributed by atoms with Crippen LogP contribution in [0.15, 0.2) is 12.1 Å². The SMILES string of the molecule is CC(=N)C(C#N)C(=O)COC(=O)c1cc(Cl)cc(Cl)c1N. The van der Waals surface area contributed by atoms with E-state index >= 15 is 0 Å². The number of nitrogen functional groups attached to an aromatic ring is 1. The molecule has 0 aromatic heterocycles. The van der Waals surface area contributed by atoms with E-state index in [0.29, 0.717) is 0 Å². The molecule has 1 aromatic carbocycles. The molecule has 0 spiro atoms. The average molecular weight is 328 g/mol. The number of carbonyl (C=O) groups excluding carboxylic acids is 2. The normalized spacial score (nSPS) is 11.3. The standard InChI is InChI=1S/C13H11Cl2N3O3/c1-6(17)9(4-16)11(19)5-21-13(20)8-2-7(14)3-10(15)12(8)18/h2-3,9,17H,5,18H2,1H3. The molecular weight excluding hydrogens is 317 g/mol. The fraction of sp³-hybridized carbons (Fsp3) is 0.231. The third-order valence-corrected chi connectivity index (χ3v) is 3.07. The van der Waals surface area contributed by atoms with Crippen molar-refractivity contribution >= 4 is 46.4 Å². The molecule has 1 atom stereocenters. The summed E-state index contributed by atoms with van der Waals surface area (Å²) in [5.74, 6) is -2.81. The van der Waals surface area contributed by atoms with Crippen LogP contribution in [-0.2, 0) is 9.53 Å². The van der Waals surface area contributed by atoms with E-state index in [1.54, 1.807) is 6.07 Å². The van der Waals surface area contributed by atoms with E-state index in [1.807, 2.05) is 0 Å². The summed E-state index contributed by atoms with van der Waals surface area (Å²) in [6.07, 6.45) is 0. The number of halogens is 2. The van der Waals surface area contributed by atoms with Crippen LogP contribution in [0.5, 0.6) is 0 Å². The van der Waals surface area contributed by atoms with Gasteiger partial charge in [0.25, 0.3) is 0 Å². The Morgan fingerprint density at radius 2 is 2.10 bits per heavy atom. The lowest BCUT2D eigenvalue weighted by molar-refractivity contribution is -0.122. The van der Waals surface area contributed by atoms with Crippen LogP contribution in [0.2, 0.25) is 10.0 Å². The summed E-state index contributed by atoms with van der Waals surface area (Å²) < 4.78 is 4.78. The third-order valence-electron chi connectivity index (χ3n) is 2.54. The Labute approximate surface area is 130 Å². The molecule has 0 saturated carbocycles. The van der Waals surface area contributed by atoms with E-state index in [2.05, 4.69) is 0 Å². The smallest absolute Gasteiger partial charge is 0.340 e. The van der Waals surface area contributed by atoms with Crippen LogP contribution in [-0.4, -0.2) is 24.1 Å². The molecular formula is C13H11Cl2N3O3. The zero-order chi connectivity index (χ0) is 16.2. The molecule has 0 bridgehead atoms. The molecule has 3 N–H and O–H groups in total. The van der Waals surface area contributed by atoms with Crippen molar-refractivity contribution in [3.8, 4) is 6.07 Å². The first-order chi connectivity index (χ1) is 9.77. The predicted molar refractivity (Wildman–Crippen MR) is 78.7 cm³/mol. The van der Waals surface area contributed by atoms with Gasteiger partial charge in [0.15, 0.2) is 12.4 Å². The number of carbonyl (C=O) groups is 2. The summed E-state index contributed by atoms with van der Waals surface area (Å²) in [6, 6.07) is 4.29. The number of ketones is 1. The van der Waals surface area contributed by atoms with Gasteiger partial charge in [-0.2, -0.15) is 5.26 Å². The Balaban J connectivity index is 2.82. The molecule has 8 heteroatoms. The second-order valence-electron chi connectivity index (χ2n) is 4.14. The highest BCUT2D eigenvalue weighted by atomic mass is 35.5. The van der Waals surface area contributed by atoms with Crippen LogP contribution in [0.3, 0.4) is 0 Å². The van der Waals surface area contributed by atoms with E-state index < -0.39 is 24.3 Å². The van der Waals surface area contributed by atoms with Crippen molar-refractivity contribution in [2.24, 2.45) is 5.92 Å². The molecule has 0 aliphatic heterocycles. The van der Waals surface area contributed by atoms with Crippen molar-refractivity contribution in [3.05, 3.63) is 27.7 Å². The predicted octanol–water partition coefficient (Wildman–Crippen LogP) is 2.48. The fourth-order valence-electron chi connectivity index (χ4n) is 1.46. The molecule has 110 valence electrons. The van der Waals surface area contributed by atoms with Crippen LogP contribution in [0.25, 0.3) is 0 Å². The number of hydrogen-bond donors (Lipinski definition) is 2. The maximum absolute atomic E-state index is 11.8. The Hall–Kier alpha value is -2.10. The lowest BCUT2D eigenvalue weighted by Gasteiger charge is -2.10. The van der Waals surface area contributed by atoms with E-state index in [-0.39, 0.29) is 27.0 Å². The minimum absolute atomic E-state index is 0.0152. The Morgan fingerprint density at radius 1 is 1.48 bits per heavy atom. The van der Waals surface area contributed by atoms with Gasteiger partial charge in [-0.1, -0.05) is 23.2 Å². The monoisotopic (exact) mass is 327 g/mol. The van der Waals surface area contributed by atoms with Gasteiger partial charge in [0, 0.05) is 10.7 Å². The Morgan fingerprint density at radius 3 is 2.62 bits per heavy atom. The van der Waals surface area contributed by atoms with E-state index in [1.165, 1.54) is 19.1 Å². The van der Waals surface area contributed by atoms with Gasteiger partial charge in [0.05, 0.1) is 22.3 Å². The number of Topliss-reactive ketones (excluding diaryl/α,β-unsaturated/α-hetero) is 1. The van der Waals surface area contributed by atoms with Crippen LogP contribution in [0.4, 0.5) is 5.69 Å². The summed E-state index contributed by atoms with van der Waals surface area (Å²) in [5.41, 5.74) is 5.42. The molecule has 0 aliphatic rings.